The summed E-state index contributed by atoms with van der Waals surface area (Å²) in [5, 5.41) is 8.11. The summed E-state index contributed by atoms with van der Waals surface area (Å²) < 4.78 is 1.67. The first-order valence-corrected chi connectivity index (χ1v) is 7.51. The molecule has 0 aromatic carbocycles. The Morgan fingerprint density at radius 3 is 2.86 bits per heavy atom. The van der Waals surface area contributed by atoms with Gasteiger partial charge in [0, 0.05) is 11.1 Å². The molecule has 0 fully saturated rings. The van der Waals surface area contributed by atoms with Crippen LogP contribution in [-0.2, 0) is 11.3 Å². The van der Waals surface area contributed by atoms with Crippen molar-refractivity contribution in [3.63, 3.8) is 0 Å². The molecule has 0 atom stereocenters. The minimum atomic E-state index is -0.0757. The molecule has 1 N–H and O–H groups in total. The van der Waals surface area contributed by atoms with E-state index in [1.807, 2.05) is 19.1 Å². The molecule has 0 saturated heterocycles. The first-order valence-electron chi connectivity index (χ1n) is 6.69. The first kappa shape index (κ1) is 13.8. The van der Waals surface area contributed by atoms with E-state index in [2.05, 4.69) is 29.2 Å². The number of nitrogens with one attached hydrogen (secondary N) is 1. The number of aryl methyl sites for hydroxylation is 1. The fraction of sp³-hybridized carbons (Fsp3) is 0.267. The molecule has 3 aromatic rings. The Balaban J connectivity index is 1.79. The normalized spacial score (nSPS) is 11.0. The lowest BCUT2D eigenvalue weighted by Crippen LogP contribution is -2.19. The van der Waals surface area contributed by atoms with Gasteiger partial charge in [-0.15, -0.1) is 11.3 Å². The largest absolute Gasteiger partial charge is 0.316 e. The van der Waals surface area contributed by atoms with Gasteiger partial charge in [-0.3, -0.25) is 14.5 Å². The van der Waals surface area contributed by atoms with Gasteiger partial charge in [0.1, 0.15) is 12.1 Å². The van der Waals surface area contributed by atoms with Crippen molar-refractivity contribution in [3.8, 4) is 0 Å². The van der Waals surface area contributed by atoms with Crippen molar-refractivity contribution in [2.24, 2.45) is 0 Å². The maximum absolute atomic E-state index is 12.2. The lowest BCUT2D eigenvalue weighted by molar-refractivity contribution is -0.116. The minimum absolute atomic E-state index is 0.0757. The molecule has 0 aliphatic rings. The Hall–Kier alpha value is -2.21. The zero-order chi connectivity index (χ0) is 15.0. The van der Waals surface area contributed by atoms with Crippen molar-refractivity contribution < 1.29 is 4.79 Å². The second kappa shape index (κ2) is 5.29. The maximum Gasteiger partial charge on any atom is 0.246 e. The monoisotopic (exact) mass is 300 g/mol. The lowest BCUT2D eigenvalue weighted by Gasteiger charge is -2.05. The third kappa shape index (κ3) is 2.54. The fourth-order valence-electron chi connectivity index (χ4n) is 2.20. The number of hydrogen-bond donors (Lipinski definition) is 1. The fourth-order valence-corrected chi connectivity index (χ4v) is 3.28. The predicted molar refractivity (Wildman–Crippen MR) is 84.7 cm³/mol. The van der Waals surface area contributed by atoms with E-state index in [4.69, 9.17) is 0 Å². The van der Waals surface area contributed by atoms with Crippen LogP contribution in [0.5, 0.6) is 0 Å². The van der Waals surface area contributed by atoms with Gasteiger partial charge in [0.05, 0.1) is 16.7 Å². The molecular weight excluding hydrogens is 284 g/mol. The Morgan fingerprint density at radius 1 is 1.33 bits per heavy atom. The van der Waals surface area contributed by atoms with E-state index in [1.165, 1.54) is 10.4 Å². The smallest absolute Gasteiger partial charge is 0.246 e. The molecule has 21 heavy (non-hydrogen) atoms. The summed E-state index contributed by atoms with van der Waals surface area (Å²) in [6.45, 7) is 6.35. The quantitative estimate of drug-likeness (QED) is 0.808. The van der Waals surface area contributed by atoms with Crippen molar-refractivity contribution in [1.82, 2.24) is 14.8 Å². The zero-order valence-corrected chi connectivity index (χ0v) is 13.0. The van der Waals surface area contributed by atoms with Gasteiger partial charge >= 0.3 is 0 Å². The van der Waals surface area contributed by atoms with Crippen molar-refractivity contribution >= 4 is 33.3 Å². The van der Waals surface area contributed by atoms with Gasteiger partial charge in [0.25, 0.3) is 0 Å². The summed E-state index contributed by atoms with van der Waals surface area (Å²) in [5.74, 6) is -0.0757. The first-order chi connectivity index (χ1) is 10.1. The number of amides is 1. The maximum atomic E-state index is 12.2. The summed E-state index contributed by atoms with van der Waals surface area (Å²) in [5.41, 5.74) is 4.04. The number of nitrogens with zero attached hydrogens (tertiary/aromatic N) is 3. The van der Waals surface area contributed by atoms with Crippen LogP contribution in [0.4, 0.5) is 5.00 Å². The van der Waals surface area contributed by atoms with Gasteiger partial charge < -0.3 is 5.32 Å². The van der Waals surface area contributed by atoms with Crippen LogP contribution < -0.4 is 5.32 Å². The second-order valence-electron chi connectivity index (χ2n) is 5.00. The Morgan fingerprint density at radius 2 is 2.14 bits per heavy atom. The van der Waals surface area contributed by atoms with Crippen molar-refractivity contribution in [2.75, 3.05) is 5.32 Å². The SMILES string of the molecule is Cc1sc(NC(=O)Cn2ncc3ncccc32)c(C)c1C. The van der Waals surface area contributed by atoms with Crippen LogP contribution in [0.15, 0.2) is 24.5 Å². The lowest BCUT2D eigenvalue weighted by atomic mass is 10.2. The number of carbonyl (C=O) groups is 1. The van der Waals surface area contributed by atoms with E-state index in [1.54, 1.807) is 28.4 Å². The van der Waals surface area contributed by atoms with E-state index < -0.39 is 0 Å². The number of pyridine rings is 1. The van der Waals surface area contributed by atoms with E-state index in [-0.39, 0.29) is 12.5 Å². The van der Waals surface area contributed by atoms with Crippen molar-refractivity contribution in [1.29, 1.82) is 0 Å². The van der Waals surface area contributed by atoms with Crippen LogP contribution in [0, 0.1) is 20.8 Å². The number of carbonyl (C=O) groups excluding carboxylic acids is 1. The molecule has 0 aliphatic carbocycles. The summed E-state index contributed by atoms with van der Waals surface area (Å²) in [7, 11) is 0. The van der Waals surface area contributed by atoms with Gasteiger partial charge in [0.2, 0.25) is 5.91 Å². The molecule has 0 bridgehead atoms. The number of anilines is 1. The van der Waals surface area contributed by atoms with Crippen LogP contribution in [-0.4, -0.2) is 20.7 Å². The Kier molecular flexibility index (Phi) is 3.47. The highest BCUT2D eigenvalue weighted by molar-refractivity contribution is 7.16. The van der Waals surface area contributed by atoms with Crippen LogP contribution in [0.3, 0.4) is 0 Å². The third-order valence-corrected chi connectivity index (χ3v) is 4.87. The van der Waals surface area contributed by atoms with Gasteiger partial charge in [-0.1, -0.05) is 0 Å². The van der Waals surface area contributed by atoms with E-state index in [0.29, 0.717) is 0 Å². The summed E-state index contributed by atoms with van der Waals surface area (Å²) in [6, 6.07) is 3.75. The van der Waals surface area contributed by atoms with Gasteiger partial charge in [-0.2, -0.15) is 5.10 Å². The Bertz CT molecular complexity index is 818. The number of rotatable bonds is 3. The van der Waals surface area contributed by atoms with Crippen LogP contribution in [0.2, 0.25) is 0 Å². The summed E-state index contributed by atoms with van der Waals surface area (Å²) >= 11 is 1.61. The summed E-state index contributed by atoms with van der Waals surface area (Å²) in [6.07, 6.45) is 3.39. The van der Waals surface area contributed by atoms with E-state index in [0.717, 1.165) is 21.6 Å². The molecule has 6 heteroatoms. The molecule has 3 aromatic heterocycles. The number of aromatic nitrogens is 3. The molecule has 0 saturated carbocycles. The molecule has 0 unspecified atom stereocenters. The number of fused-ring (bicyclic) bond motifs is 1. The molecule has 0 aliphatic heterocycles. The van der Waals surface area contributed by atoms with Crippen LogP contribution in [0.1, 0.15) is 16.0 Å². The summed E-state index contributed by atoms with van der Waals surface area (Å²) in [4.78, 5) is 17.7. The predicted octanol–water partition coefficient (Wildman–Crippen LogP) is 3.06. The highest BCUT2D eigenvalue weighted by atomic mass is 32.1. The van der Waals surface area contributed by atoms with E-state index >= 15 is 0 Å². The number of thiophene rings is 1. The molecular formula is C15H16N4OS. The highest BCUT2D eigenvalue weighted by Crippen LogP contribution is 2.31. The molecule has 0 radical (unpaired) electrons. The second-order valence-corrected chi connectivity index (χ2v) is 6.22. The molecule has 3 rings (SSSR count). The van der Waals surface area contributed by atoms with Gasteiger partial charge in [0.15, 0.2) is 0 Å². The zero-order valence-electron chi connectivity index (χ0n) is 12.2. The van der Waals surface area contributed by atoms with Crippen LogP contribution >= 0.6 is 11.3 Å². The van der Waals surface area contributed by atoms with Crippen molar-refractivity contribution in [3.05, 3.63) is 40.5 Å². The standard InChI is InChI=1S/C15H16N4OS/c1-9-10(2)15(21-11(9)3)18-14(20)8-19-13-5-4-6-16-12(13)7-17-19/h4-7H,8H2,1-3H3,(H,18,20). The van der Waals surface area contributed by atoms with Gasteiger partial charge in [-0.25, -0.2) is 0 Å². The molecule has 5 nitrogen and oxygen atoms in total. The highest BCUT2D eigenvalue weighted by Gasteiger charge is 2.13. The molecule has 3 heterocycles. The van der Waals surface area contributed by atoms with Crippen molar-refractivity contribution in [2.45, 2.75) is 27.3 Å². The number of hydrogen-bond acceptors (Lipinski definition) is 4. The molecule has 1 amide bonds. The Labute approximate surface area is 126 Å². The van der Waals surface area contributed by atoms with Crippen LogP contribution in [0.25, 0.3) is 11.0 Å². The molecule has 108 valence electrons. The van der Waals surface area contributed by atoms with E-state index in [9.17, 15) is 4.79 Å². The van der Waals surface area contributed by atoms with Gasteiger partial charge in [-0.05, 0) is 44.0 Å². The topological polar surface area (TPSA) is 59.8 Å². The average Bonchev–Trinajstić information content (AvgIpc) is 2.97. The third-order valence-electron chi connectivity index (χ3n) is 3.65. The average molecular weight is 300 g/mol. The molecule has 0 spiro atoms. The minimum Gasteiger partial charge on any atom is -0.316 e.